The van der Waals surface area contributed by atoms with Crippen LogP contribution in [0.5, 0.6) is 0 Å². The number of halogens is 3. The fraction of sp³-hybridized carbons (Fsp3) is 0.625. The molecule has 9 heteroatoms. The quantitative estimate of drug-likeness (QED) is 0.638. The van der Waals surface area contributed by atoms with Gasteiger partial charge in [0, 0.05) is 0 Å². The van der Waals surface area contributed by atoms with Crippen LogP contribution in [0.4, 0.5) is 0 Å². The Hall–Kier alpha value is 0.490. The normalized spacial score (nSPS) is 33.3. The minimum absolute atomic E-state index is 0.361. The fourth-order valence-electron chi connectivity index (χ4n) is 1.67. The molecule has 3 N–H and O–H groups in total. The lowest BCUT2D eigenvalue weighted by Crippen LogP contribution is -2.33. The van der Waals surface area contributed by atoms with Gasteiger partial charge >= 0.3 is 0 Å². The minimum atomic E-state index is -1.14. The molecule has 1 fully saturated rings. The zero-order chi connectivity index (χ0) is 12.7. The summed E-state index contributed by atoms with van der Waals surface area (Å²) in [7, 11) is 0. The van der Waals surface area contributed by atoms with Gasteiger partial charge in [0.2, 0.25) is 0 Å². The summed E-state index contributed by atoms with van der Waals surface area (Å²) in [6.07, 6.45) is -3.90. The fourth-order valence-corrected chi connectivity index (χ4v) is 3.52. The van der Waals surface area contributed by atoms with Crippen LogP contribution < -0.4 is 0 Å². The molecule has 1 aromatic rings. The van der Waals surface area contributed by atoms with E-state index in [1.807, 2.05) is 0 Å². The van der Waals surface area contributed by atoms with E-state index in [1.54, 1.807) is 0 Å². The summed E-state index contributed by atoms with van der Waals surface area (Å²) in [4.78, 5) is 4.08. The number of aliphatic hydroxyl groups excluding tert-OH is 3. The highest BCUT2D eigenvalue weighted by atomic mass is 79.9. The van der Waals surface area contributed by atoms with Crippen LogP contribution in [0.2, 0.25) is 0 Å². The van der Waals surface area contributed by atoms with Gasteiger partial charge in [-0.3, -0.25) is 4.57 Å². The Balaban J connectivity index is 2.35. The average molecular weight is 437 g/mol. The average Bonchev–Trinajstić information content (AvgIpc) is 2.69. The third kappa shape index (κ3) is 2.34. The number of nitrogens with zero attached hydrogens (tertiary/aromatic N) is 2. The van der Waals surface area contributed by atoms with Crippen molar-refractivity contribution in [2.45, 2.75) is 24.5 Å². The number of aromatic nitrogens is 2. The molecular formula is C8H9Br3N2O4. The highest BCUT2D eigenvalue weighted by Gasteiger charge is 2.44. The van der Waals surface area contributed by atoms with Crippen molar-refractivity contribution in [1.82, 2.24) is 9.55 Å². The molecule has 0 spiro atoms. The Morgan fingerprint density at radius 2 is 1.88 bits per heavy atom. The highest BCUT2D eigenvalue weighted by molar-refractivity contribution is 9.13. The molecule has 0 aromatic carbocycles. The van der Waals surface area contributed by atoms with Crippen molar-refractivity contribution in [3.63, 3.8) is 0 Å². The maximum atomic E-state index is 9.88. The third-order valence-corrected chi connectivity index (χ3v) is 4.94. The Labute approximate surface area is 122 Å². The van der Waals surface area contributed by atoms with E-state index in [2.05, 4.69) is 52.8 Å². The second kappa shape index (κ2) is 5.24. The number of hydrogen-bond donors (Lipinski definition) is 3. The molecule has 0 amide bonds. The topological polar surface area (TPSA) is 87.7 Å². The monoisotopic (exact) mass is 434 g/mol. The number of rotatable bonds is 2. The van der Waals surface area contributed by atoms with E-state index in [0.29, 0.717) is 13.9 Å². The summed E-state index contributed by atoms with van der Waals surface area (Å²) >= 11 is 9.74. The van der Waals surface area contributed by atoms with Crippen molar-refractivity contribution in [1.29, 1.82) is 0 Å². The van der Waals surface area contributed by atoms with Gasteiger partial charge in [0.1, 0.15) is 27.5 Å². The van der Waals surface area contributed by atoms with Gasteiger partial charge in [-0.05, 0) is 47.8 Å². The van der Waals surface area contributed by atoms with Gasteiger partial charge in [-0.15, -0.1) is 0 Å². The first-order valence-corrected chi connectivity index (χ1v) is 7.06. The minimum Gasteiger partial charge on any atom is -0.394 e. The molecule has 1 saturated heterocycles. The van der Waals surface area contributed by atoms with Crippen LogP contribution >= 0.6 is 47.8 Å². The summed E-state index contributed by atoms with van der Waals surface area (Å²) < 4.78 is 8.47. The molecular weight excluding hydrogens is 428 g/mol. The lowest BCUT2D eigenvalue weighted by molar-refractivity contribution is -0.0548. The summed E-state index contributed by atoms with van der Waals surface area (Å²) in [6.45, 7) is -0.361. The second-order valence-corrected chi connectivity index (χ2v) is 5.77. The van der Waals surface area contributed by atoms with Gasteiger partial charge in [0.25, 0.3) is 0 Å². The van der Waals surface area contributed by atoms with E-state index in [4.69, 9.17) is 9.84 Å². The van der Waals surface area contributed by atoms with Crippen molar-refractivity contribution >= 4 is 47.8 Å². The summed E-state index contributed by atoms with van der Waals surface area (Å²) in [5, 5.41) is 28.6. The van der Waals surface area contributed by atoms with E-state index >= 15 is 0 Å². The van der Waals surface area contributed by atoms with Crippen LogP contribution in [-0.2, 0) is 4.74 Å². The van der Waals surface area contributed by atoms with Crippen molar-refractivity contribution < 1.29 is 20.1 Å². The molecule has 17 heavy (non-hydrogen) atoms. The summed E-state index contributed by atoms with van der Waals surface area (Å²) in [5.41, 5.74) is 0. The van der Waals surface area contributed by atoms with Crippen LogP contribution in [-0.4, -0.2) is 49.8 Å². The Morgan fingerprint density at radius 1 is 1.24 bits per heavy atom. The van der Waals surface area contributed by atoms with Crippen LogP contribution in [0, 0.1) is 0 Å². The smallest absolute Gasteiger partial charge is 0.181 e. The van der Waals surface area contributed by atoms with E-state index in [-0.39, 0.29) is 6.61 Å². The molecule has 1 aromatic heterocycles. The Bertz CT molecular complexity index is 427. The summed E-state index contributed by atoms with van der Waals surface area (Å²) in [6, 6.07) is 0. The largest absolute Gasteiger partial charge is 0.394 e. The van der Waals surface area contributed by atoms with Crippen molar-refractivity contribution in [2.24, 2.45) is 0 Å². The van der Waals surface area contributed by atoms with E-state index in [9.17, 15) is 10.2 Å². The highest BCUT2D eigenvalue weighted by Crippen LogP contribution is 2.37. The number of hydrogen-bond acceptors (Lipinski definition) is 5. The number of ether oxygens (including phenoxy) is 1. The van der Waals surface area contributed by atoms with Crippen molar-refractivity contribution in [2.75, 3.05) is 6.61 Å². The molecule has 0 saturated carbocycles. The molecule has 6 nitrogen and oxygen atoms in total. The predicted octanol–water partition coefficient (Wildman–Crippen LogP) is 0.782. The first-order chi connectivity index (χ1) is 7.97. The molecule has 2 rings (SSSR count). The van der Waals surface area contributed by atoms with Crippen molar-refractivity contribution in [3.05, 3.63) is 13.9 Å². The van der Waals surface area contributed by atoms with E-state index < -0.39 is 24.5 Å². The van der Waals surface area contributed by atoms with Crippen LogP contribution in [0.25, 0.3) is 0 Å². The third-order valence-electron chi connectivity index (χ3n) is 2.54. The molecule has 2 heterocycles. The first kappa shape index (κ1) is 13.9. The van der Waals surface area contributed by atoms with Gasteiger partial charge in [0.05, 0.1) is 6.61 Å². The van der Waals surface area contributed by atoms with Crippen molar-refractivity contribution in [3.8, 4) is 0 Å². The summed E-state index contributed by atoms with van der Waals surface area (Å²) in [5.74, 6) is 0. The van der Waals surface area contributed by atoms with Gasteiger partial charge in [-0.1, -0.05) is 0 Å². The first-order valence-electron chi connectivity index (χ1n) is 4.68. The lowest BCUT2D eigenvalue weighted by Gasteiger charge is -2.18. The zero-order valence-corrected chi connectivity index (χ0v) is 13.1. The van der Waals surface area contributed by atoms with Gasteiger partial charge in [-0.25, -0.2) is 4.98 Å². The standard InChI is InChI=1S/C8H9Br3N2O4/c9-5-6(10)13(8(11)12-5)7-4(16)3(15)2(1-14)17-7/h2-4,7,14-16H,1H2/t2-,3-,4-,7-/m1/s1. The van der Waals surface area contributed by atoms with Gasteiger partial charge in [0.15, 0.2) is 11.0 Å². The molecule has 96 valence electrons. The Kier molecular flexibility index (Phi) is 4.28. The van der Waals surface area contributed by atoms with Crippen LogP contribution in [0.15, 0.2) is 13.9 Å². The van der Waals surface area contributed by atoms with Gasteiger partial charge in [-0.2, -0.15) is 0 Å². The number of imidazole rings is 1. The predicted molar refractivity (Wildman–Crippen MR) is 68.3 cm³/mol. The van der Waals surface area contributed by atoms with Gasteiger partial charge < -0.3 is 20.1 Å². The maximum absolute atomic E-state index is 9.88. The molecule has 0 unspecified atom stereocenters. The molecule has 1 aliphatic heterocycles. The number of aliphatic hydroxyl groups is 3. The van der Waals surface area contributed by atoms with Crippen LogP contribution in [0.3, 0.4) is 0 Å². The molecule has 0 radical (unpaired) electrons. The second-order valence-electron chi connectivity index (χ2n) is 3.56. The van der Waals surface area contributed by atoms with Crippen LogP contribution in [0.1, 0.15) is 6.23 Å². The lowest BCUT2D eigenvalue weighted by atomic mass is 10.1. The maximum Gasteiger partial charge on any atom is 0.181 e. The zero-order valence-electron chi connectivity index (χ0n) is 8.29. The van der Waals surface area contributed by atoms with E-state index in [1.165, 1.54) is 4.57 Å². The molecule has 0 bridgehead atoms. The molecule has 4 atom stereocenters. The SMILES string of the molecule is OC[C@H]1O[C@@H](n2c(Br)nc(Br)c2Br)[C@H](O)[C@@H]1O. The molecule has 0 aliphatic carbocycles. The van der Waals surface area contributed by atoms with E-state index in [0.717, 1.165) is 0 Å². The molecule has 1 aliphatic rings. The Morgan fingerprint density at radius 3 is 2.29 bits per heavy atom.